The molecule has 0 unspecified atom stereocenters. The van der Waals surface area contributed by atoms with Gasteiger partial charge in [0.2, 0.25) is 0 Å². The predicted molar refractivity (Wildman–Crippen MR) is 75.2 cm³/mol. The summed E-state index contributed by atoms with van der Waals surface area (Å²) in [5.74, 6) is 0.755. The van der Waals surface area contributed by atoms with Crippen LogP contribution >= 0.6 is 0 Å². The Kier molecular flexibility index (Phi) is 4.75. The molecule has 19 heavy (non-hydrogen) atoms. The van der Waals surface area contributed by atoms with E-state index in [0.717, 1.165) is 50.2 Å². The van der Waals surface area contributed by atoms with Crippen LogP contribution < -0.4 is 4.90 Å². The minimum atomic E-state index is 0.0906. The summed E-state index contributed by atoms with van der Waals surface area (Å²) in [6.07, 6.45) is 5.31. The van der Waals surface area contributed by atoms with Gasteiger partial charge in [0.25, 0.3) is 0 Å². The molecule has 0 aromatic carbocycles. The lowest BCUT2D eigenvalue weighted by Gasteiger charge is -2.24. The van der Waals surface area contributed by atoms with Crippen LogP contribution in [0, 0.1) is 11.3 Å². The highest BCUT2D eigenvalue weighted by atomic mass is 16.3. The van der Waals surface area contributed by atoms with Gasteiger partial charge in [0.05, 0.1) is 12.2 Å². The highest BCUT2D eigenvalue weighted by molar-refractivity contribution is 5.56. The quantitative estimate of drug-likeness (QED) is 0.849. The lowest BCUT2D eigenvalue weighted by atomic mass is 10.1. The number of anilines is 1. The van der Waals surface area contributed by atoms with Gasteiger partial charge >= 0.3 is 0 Å². The molecule has 0 amide bonds. The molecule has 0 radical (unpaired) electrons. The number of aromatic nitrogens is 1. The highest BCUT2D eigenvalue weighted by Gasteiger charge is 2.19. The van der Waals surface area contributed by atoms with E-state index < -0.39 is 0 Å². The summed E-state index contributed by atoms with van der Waals surface area (Å²) in [6.45, 7) is 3.61. The van der Waals surface area contributed by atoms with E-state index in [1.54, 1.807) is 0 Å². The Morgan fingerprint density at radius 3 is 2.95 bits per heavy atom. The molecular weight excluding hydrogens is 238 g/mol. The largest absolute Gasteiger partial charge is 0.395 e. The van der Waals surface area contributed by atoms with E-state index in [-0.39, 0.29) is 6.61 Å². The van der Waals surface area contributed by atoms with Crippen molar-refractivity contribution in [3.63, 3.8) is 0 Å². The van der Waals surface area contributed by atoms with Gasteiger partial charge in [-0.1, -0.05) is 13.3 Å². The van der Waals surface area contributed by atoms with Crippen LogP contribution in [0.15, 0.2) is 6.07 Å². The second-order valence-corrected chi connectivity index (χ2v) is 4.99. The number of hydrogen-bond donors (Lipinski definition) is 1. The highest BCUT2D eigenvalue weighted by Crippen LogP contribution is 2.27. The molecule has 0 saturated carbocycles. The van der Waals surface area contributed by atoms with Crippen LogP contribution in [0.25, 0.3) is 0 Å². The summed E-state index contributed by atoms with van der Waals surface area (Å²) in [5.41, 5.74) is 3.00. The first-order valence-corrected chi connectivity index (χ1v) is 7.08. The van der Waals surface area contributed by atoms with Crippen molar-refractivity contribution in [1.82, 2.24) is 4.98 Å². The Morgan fingerprint density at radius 1 is 1.42 bits per heavy atom. The van der Waals surface area contributed by atoms with E-state index >= 15 is 0 Å². The van der Waals surface area contributed by atoms with Crippen molar-refractivity contribution in [1.29, 1.82) is 5.26 Å². The standard InChI is InChI=1S/C15H21N3O/c1-2-3-7-18(8-9-19)15-13(11-16)10-12-5-4-6-14(12)17-15/h10,19H,2-9H2,1H3. The minimum Gasteiger partial charge on any atom is -0.395 e. The molecule has 102 valence electrons. The fourth-order valence-corrected chi connectivity index (χ4v) is 2.58. The molecule has 2 rings (SSSR count). The smallest absolute Gasteiger partial charge is 0.146 e. The fraction of sp³-hybridized carbons (Fsp3) is 0.600. The van der Waals surface area contributed by atoms with Gasteiger partial charge in [0.15, 0.2) is 0 Å². The maximum atomic E-state index is 9.31. The average Bonchev–Trinajstić information content (AvgIpc) is 2.89. The molecule has 1 N–H and O–H groups in total. The van der Waals surface area contributed by atoms with Crippen LogP contribution in [0.1, 0.15) is 43.0 Å². The zero-order valence-corrected chi connectivity index (χ0v) is 11.5. The lowest BCUT2D eigenvalue weighted by molar-refractivity contribution is 0.301. The van der Waals surface area contributed by atoms with E-state index in [9.17, 15) is 10.4 Å². The normalized spacial score (nSPS) is 13.1. The van der Waals surface area contributed by atoms with Crippen molar-refractivity contribution in [3.05, 3.63) is 22.9 Å². The van der Waals surface area contributed by atoms with Gasteiger partial charge < -0.3 is 10.0 Å². The third-order valence-electron chi connectivity index (χ3n) is 3.60. The molecule has 1 aliphatic carbocycles. The van der Waals surface area contributed by atoms with E-state index in [1.807, 2.05) is 11.0 Å². The van der Waals surface area contributed by atoms with Crippen molar-refractivity contribution in [2.75, 3.05) is 24.6 Å². The number of rotatable bonds is 6. The van der Waals surface area contributed by atoms with Gasteiger partial charge in [-0.05, 0) is 37.3 Å². The SMILES string of the molecule is CCCCN(CCO)c1nc2c(cc1C#N)CCC2. The number of nitrogens with zero attached hydrogens (tertiary/aromatic N) is 3. The second-order valence-electron chi connectivity index (χ2n) is 4.99. The van der Waals surface area contributed by atoms with Crippen LogP contribution in [0.5, 0.6) is 0 Å². The van der Waals surface area contributed by atoms with Gasteiger partial charge in [0.1, 0.15) is 11.9 Å². The summed E-state index contributed by atoms with van der Waals surface area (Å²) in [5, 5.41) is 18.5. The first-order valence-electron chi connectivity index (χ1n) is 7.08. The molecule has 1 aromatic rings. The lowest BCUT2D eigenvalue weighted by Crippen LogP contribution is -2.29. The van der Waals surface area contributed by atoms with Crippen LogP contribution in [-0.2, 0) is 12.8 Å². The minimum absolute atomic E-state index is 0.0906. The van der Waals surface area contributed by atoms with Crippen LogP contribution in [0.4, 0.5) is 5.82 Å². The topological polar surface area (TPSA) is 60.1 Å². The van der Waals surface area contributed by atoms with E-state index in [1.165, 1.54) is 5.56 Å². The first kappa shape index (κ1) is 13.8. The summed E-state index contributed by atoms with van der Waals surface area (Å²) < 4.78 is 0. The zero-order valence-electron chi connectivity index (χ0n) is 11.5. The summed E-state index contributed by atoms with van der Waals surface area (Å²) in [4.78, 5) is 6.73. The van der Waals surface area contributed by atoms with Crippen molar-refractivity contribution >= 4 is 5.82 Å². The number of unbranched alkanes of at least 4 members (excludes halogenated alkanes) is 1. The molecule has 1 aromatic heterocycles. The summed E-state index contributed by atoms with van der Waals surface area (Å²) in [6, 6.07) is 4.24. The third-order valence-corrected chi connectivity index (χ3v) is 3.60. The molecule has 0 spiro atoms. The van der Waals surface area contributed by atoms with Crippen LogP contribution in [0.3, 0.4) is 0 Å². The van der Waals surface area contributed by atoms with Gasteiger partial charge in [-0.25, -0.2) is 4.98 Å². The molecule has 0 atom stereocenters. The van der Waals surface area contributed by atoms with E-state index in [4.69, 9.17) is 0 Å². The predicted octanol–water partition coefficient (Wildman–Crippen LogP) is 2.04. The number of aryl methyl sites for hydroxylation is 2. The third kappa shape index (κ3) is 3.05. The Morgan fingerprint density at radius 2 is 2.26 bits per heavy atom. The van der Waals surface area contributed by atoms with E-state index in [0.29, 0.717) is 12.1 Å². The Hall–Kier alpha value is -1.60. The molecule has 0 fully saturated rings. The van der Waals surface area contributed by atoms with Crippen molar-refractivity contribution < 1.29 is 5.11 Å². The van der Waals surface area contributed by atoms with E-state index in [2.05, 4.69) is 18.0 Å². The van der Waals surface area contributed by atoms with Crippen molar-refractivity contribution in [2.24, 2.45) is 0 Å². The number of aliphatic hydroxyl groups excluding tert-OH is 1. The number of fused-ring (bicyclic) bond motifs is 1. The first-order chi connectivity index (χ1) is 9.30. The molecule has 4 heteroatoms. The Labute approximate surface area is 114 Å². The van der Waals surface area contributed by atoms with Crippen molar-refractivity contribution in [2.45, 2.75) is 39.0 Å². The Balaban J connectivity index is 2.32. The summed E-state index contributed by atoms with van der Waals surface area (Å²) >= 11 is 0. The zero-order chi connectivity index (χ0) is 13.7. The summed E-state index contributed by atoms with van der Waals surface area (Å²) in [7, 11) is 0. The van der Waals surface area contributed by atoms with Gasteiger partial charge in [-0.15, -0.1) is 0 Å². The second kappa shape index (κ2) is 6.53. The van der Waals surface area contributed by atoms with Crippen molar-refractivity contribution in [3.8, 4) is 6.07 Å². The molecule has 1 heterocycles. The Bertz CT molecular complexity index is 479. The average molecular weight is 259 g/mol. The van der Waals surface area contributed by atoms with Crippen LogP contribution in [0.2, 0.25) is 0 Å². The number of nitriles is 1. The fourth-order valence-electron chi connectivity index (χ4n) is 2.58. The van der Waals surface area contributed by atoms with Gasteiger partial charge in [0, 0.05) is 18.8 Å². The van der Waals surface area contributed by atoms with Gasteiger partial charge in [-0.2, -0.15) is 5.26 Å². The molecule has 0 aliphatic heterocycles. The number of aliphatic hydroxyl groups is 1. The molecular formula is C15H21N3O. The molecule has 1 aliphatic rings. The van der Waals surface area contributed by atoms with Crippen LogP contribution in [-0.4, -0.2) is 29.8 Å². The molecule has 0 saturated heterocycles. The number of pyridine rings is 1. The maximum Gasteiger partial charge on any atom is 0.146 e. The molecule has 4 nitrogen and oxygen atoms in total. The maximum absolute atomic E-state index is 9.31. The number of hydrogen-bond acceptors (Lipinski definition) is 4. The van der Waals surface area contributed by atoms with Gasteiger partial charge in [-0.3, -0.25) is 0 Å². The monoisotopic (exact) mass is 259 g/mol. The molecule has 0 bridgehead atoms.